The van der Waals surface area contributed by atoms with Crippen LogP contribution in [0.2, 0.25) is 0 Å². The average molecular weight is 211 g/mol. The minimum absolute atomic E-state index is 0.238. The highest BCUT2D eigenvalue weighted by Gasteiger charge is 2.26. The van der Waals surface area contributed by atoms with Crippen molar-refractivity contribution in [3.05, 3.63) is 10.4 Å². The van der Waals surface area contributed by atoms with Gasteiger partial charge in [0, 0.05) is 19.1 Å². The van der Waals surface area contributed by atoms with Gasteiger partial charge in [0.2, 0.25) is 0 Å². The Bertz CT molecular complexity index is 393. The second-order valence-electron chi connectivity index (χ2n) is 4.19. The predicted molar refractivity (Wildman–Crippen MR) is 60.1 cm³/mol. The Morgan fingerprint density at radius 1 is 1.47 bits per heavy atom. The Labute approximate surface area is 88.0 Å². The number of likely N-dealkylation sites (N-methyl/N-ethyl adjacent to an activating group) is 1. The summed E-state index contributed by atoms with van der Waals surface area (Å²) in [4.78, 5) is 15.5. The molecule has 2 heterocycles. The van der Waals surface area contributed by atoms with E-state index in [1.807, 2.05) is 0 Å². The highest BCUT2D eigenvalue weighted by Crippen LogP contribution is 2.22. The Hall–Kier alpha value is -1.43. The zero-order valence-corrected chi connectivity index (χ0v) is 9.08. The zero-order chi connectivity index (χ0) is 11.0. The van der Waals surface area contributed by atoms with Crippen LogP contribution in [0.4, 0.5) is 11.5 Å². The molecule has 15 heavy (non-hydrogen) atoms. The van der Waals surface area contributed by atoms with Gasteiger partial charge in [0.15, 0.2) is 0 Å². The fourth-order valence-electron chi connectivity index (χ4n) is 1.97. The van der Waals surface area contributed by atoms with Gasteiger partial charge in [-0.15, -0.1) is 0 Å². The Balaban J connectivity index is 2.14. The molecule has 1 aromatic rings. The number of nitrogen functional groups attached to an aromatic ring is 1. The van der Waals surface area contributed by atoms with Crippen molar-refractivity contribution in [3.8, 4) is 0 Å². The van der Waals surface area contributed by atoms with Crippen LogP contribution in [0.3, 0.4) is 0 Å². The van der Waals surface area contributed by atoms with E-state index in [1.54, 1.807) is 0 Å². The molecule has 0 amide bonds. The van der Waals surface area contributed by atoms with E-state index in [2.05, 4.69) is 34.1 Å². The van der Waals surface area contributed by atoms with E-state index in [0.29, 0.717) is 6.04 Å². The summed E-state index contributed by atoms with van der Waals surface area (Å²) in [7, 11) is 4.13. The third kappa shape index (κ3) is 1.72. The van der Waals surface area contributed by atoms with Crippen LogP contribution in [-0.2, 0) is 0 Å². The van der Waals surface area contributed by atoms with Crippen molar-refractivity contribution in [2.24, 2.45) is 0 Å². The predicted octanol–water partition coefficient (Wildman–Crippen LogP) is -0.574. The van der Waals surface area contributed by atoms with Gasteiger partial charge in [0.1, 0.15) is 11.5 Å². The number of aromatic nitrogens is 2. The number of nitrogens with two attached hydrogens (primary N) is 1. The molecule has 0 spiro atoms. The minimum atomic E-state index is -0.238. The summed E-state index contributed by atoms with van der Waals surface area (Å²) < 4.78 is 0. The van der Waals surface area contributed by atoms with Crippen LogP contribution in [0.25, 0.3) is 0 Å². The van der Waals surface area contributed by atoms with E-state index in [1.165, 1.54) is 0 Å². The van der Waals surface area contributed by atoms with Crippen LogP contribution in [0.5, 0.6) is 0 Å². The van der Waals surface area contributed by atoms with E-state index < -0.39 is 0 Å². The van der Waals surface area contributed by atoms with Gasteiger partial charge in [-0.25, -0.2) is 0 Å². The summed E-state index contributed by atoms with van der Waals surface area (Å²) in [6, 6.07) is 0.530. The molecule has 0 saturated carbocycles. The van der Waals surface area contributed by atoms with E-state index in [-0.39, 0.29) is 11.2 Å². The van der Waals surface area contributed by atoms with Crippen molar-refractivity contribution in [2.75, 3.05) is 37.8 Å². The first kappa shape index (κ1) is 10.1. The summed E-state index contributed by atoms with van der Waals surface area (Å²) in [6.07, 6.45) is 1.10. The minimum Gasteiger partial charge on any atom is -0.391 e. The monoisotopic (exact) mass is 211 g/mol. The third-order valence-corrected chi connectivity index (χ3v) is 3.00. The standard InChI is InChI=1S/C9H17N5O/c1-13(2)6-3-4-14(5-6)8-7(10)9(15)12-11-8/h6H,3-5,10H2,1-2H3,(H2,11,12,15). The molecular weight excluding hydrogens is 194 g/mol. The average Bonchev–Trinajstić information content (AvgIpc) is 2.76. The van der Waals surface area contributed by atoms with Crippen molar-refractivity contribution in [3.63, 3.8) is 0 Å². The van der Waals surface area contributed by atoms with Crippen molar-refractivity contribution in [1.29, 1.82) is 0 Å². The van der Waals surface area contributed by atoms with Gasteiger partial charge in [-0.05, 0) is 20.5 Å². The molecule has 2 rings (SSSR count). The SMILES string of the molecule is CN(C)C1CCN(c2[nH][nH]c(=O)c2N)C1. The molecule has 1 fully saturated rings. The summed E-state index contributed by atoms with van der Waals surface area (Å²) >= 11 is 0. The molecular formula is C9H17N5O. The van der Waals surface area contributed by atoms with Gasteiger partial charge in [-0.2, -0.15) is 0 Å². The number of hydrogen-bond acceptors (Lipinski definition) is 4. The topological polar surface area (TPSA) is 81.2 Å². The summed E-state index contributed by atoms with van der Waals surface area (Å²) in [5, 5.41) is 5.32. The lowest BCUT2D eigenvalue weighted by atomic mass is 10.2. The maximum absolute atomic E-state index is 11.2. The Kier molecular flexibility index (Phi) is 2.44. The molecule has 0 bridgehead atoms. The van der Waals surface area contributed by atoms with Crippen LogP contribution in [0.15, 0.2) is 4.79 Å². The highest BCUT2D eigenvalue weighted by molar-refractivity contribution is 5.61. The van der Waals surface area contributed by atoms with Crippen molar-refractivity contribution < 1.29 is 0 Å². The number of aromatic amines is 2. The van der Waals surface area contributed by atoms with Gasteiger partial charge < -0.3 is 15.5 Å². The molecule has 0 aromatic carbocycles. The van der Waals surface area contributed by atoms with Crippen LogP contribution in [0.1, 0.15) is 6.42 Å². The molecule has 1 aliphatic heterocycles. The van der Waals surface area contributed by atoms with Crippen LogP contribution >= 0.6 is 0 Å². The van der Waals surface area contributed by atoms with E-state index in [4.69, 9.17) is 5.73 Å². The van der Waals surface area contributed by atoms with Crippen LogP contribution in [0, 0.1) is 0 Å². The largest absolute Gasteiger partial charge is 0.391 e. The maximum Gasteiger partial charge on any atom is 0.289 e. The van der Waals surface area contributed by atoms with Crippen molar-refractivity contribution in [1.82, 2.24) is 15.1 Å². The molecule has 1 aliphatic rings. The van der Waals surface area contributed by atoms with Crippen LogP contribution < -0.4 is 16.2 Å². The normalized spacial score (nSPS) is 21.5. The first-order valence-corrected chi connectivity index (χ1v) is 5.07. The number of anilines is 2. The number of hydrogen-bond donors (Lipinski definition) is 3. The van der Waals surface area contributed by atoms with Gasteiger partial charge in [0.05, 0.1) is 0 Å². The molecule has 1 atom stereocenters. The molecule has 1 saturated heterocycles. The molecule has 4 N–H and O–H groups in total. The molecule has 0 radical (unpaired) electrons. The number of rotatable bonds is 2. The van der Waals surface area contributed by atoms with E-state index >= 15 is 0 Å². The molecule has 1 aromatic heterocycles. The van der Waals surface area contributed by atoms with Crippen molar-refractivity contribution in [2.45, 2.75) is 12.5 Å². The molecule has 6 nitrogen and oxygen atoms in total. The maximum atomic E-state index is 11.2. The van der Waals surface area contributed by atoms with Gasteiger partial charge >= 0.3 is 0 Å². The smallest absolute Gasteiger partial charge is 0.289 e. The molecule has 0 aliphatic carbocycles. The first-order valence-electron chi connectivity index (χ1n) is 5.07. The summed E-state index contributed by atoms with van der Waals surface area (Å²) in [5.74, 6) is 0.726. The lowest BCUT2D eigenvalue weighted by Gasteiger charge is -2.20. The van der Waals surface area contributed by atoms with E-state index in [0.717, 1.165) is 25.3 Å². The number of nitrogens with one attached hydrogen (secondary N) is 2. The first-order chi connectivity index (χ1) is 7.09. The fourth-order valence-corrected chi connectivity index (χ4v) is 1.97. The summed E-state index contributed by atoms with van der Waals surface area (Å²) in [6.45, 7) is 1.84. The lowest BCUT2D eigenvalue weighted by Crippen LogP contribution is -2.31. The Morgan fingerprint density at radius 2 is 2.20 bits per heavy atom. The number of nitrogens with zero attached hydrogens (tertiary/aromatic N) is 2. The van der Waals surface area contributed by atoms with Gasteiger partial charge in [-0.1, -0.05) is 0 Å². The second kappa shape index (κ2) is 3.62. The second-order valence-corrected chi connectivity index (χ2v) is 4.19. The molecule has 1 unspecified atom stereocenters. The molecule has 6 heteroatoms. The van der Waals surface area contributed by atoms with E-state index in [9.17, 15) is 4.79 Å². The molecule has 84 valence electrons. The van der Waals surface area contributed by atoms with Crippen molar-refractivity contribution >= 4 is 11.5 Å². The van der Waals surface area contributed by atoms with Gasteiger partial charge in [0.25, 0.3) is 5.56 Å². The van der Waals surface area contributed by atoms with Gasteiger partial charge in [-0.3, -0.25) is 15.0 Å². The fraction of sp³-hybridized carbons (Fsp3) is 0.667. The lowest BCUT2D eigenvalue weighted by molar-refractivity contribution is 0.315. The Morgan fingerprint density at radius 3 is 2.67 bits per heavy atom. The third-order valence-electron chi connectivity index (χ3n) is 3.00. The quantitative estimate of drug-likeness (QED) is 0.611. The zero-order valence-electron chi connectivity index (χ0n) is 9.08. The summed E-state index contributed by atoms with van der Waals surface area (Å²) in [5.41, 5.74) is 5.72. The van der Waals surface area contributed by atoms with Crippen LogP contribution in [-0.4, -0.2) is 48.3 Å². The highest BCUT2D eigenvalue weighted by atomic mass is 16.1. The number of H-pyrrole nitrogens is 2.